The standard InChI is InChI=1S/C19H23F3N4O/c1-12-7-14(19(20,21)22)8-17(27)18(12)16-4-3-15(24-25-16)10-23-9-13-5-6-26(2)11-13/h3-4,7-8,13,23,27H,5-6,9-11H2,1-2H3. The van der Waals surface area contributed by atoms with Crippen molar-refractivity contribution in [3.05, 3.63) is 41.1 Å². The van der Waals surface area contributed by atoms with Gasteiger partial charge in [-0.2, -0.15) is 23.4 Å². The number of rotatable bonds is 5. The van der Waals surface area contributed by atoms with Gasteiger partial charge in [0, 0.05) is 18.7 Å². The third-order valence-electron chi connectivity index (χ3n) is 4.85. The smallest absolute Gasteiger partial charge is 0.416 e. The number of halogens is 3. The Labute approximate surface area is 156 Å². The van der Waals surface area contributed by atoms with Crippen LogP contribution in [0.3, 0.4) is 0 Å². The SMILES string of the molecule is Cc1cc(C(F)(F)F)cc(O)c1-c1ccc(CNCC2CCN(C)C2)nn1. The molecule has 0 radical (unpaired) electrons. The zero-order valence-corrected chi connectivity index (χ0v) is 15.3. The van der Waals surface area contributed by atoms with Crippen molar-refractivity contribution in [2.24, 2.45) is 5.92 Å². The quantitative estimate of drug-likeness (QED) is 0.834. The van der Waals surface area contributed by atoms with Gasteiger partial charge in [0.1, 0.15) is 5.75 Å². The molecule has 0 bridgehead atoms. The first kappa shape index (κ1) is 19.6. The number of aromatic nitrogens is 2. The van der Waals surface area contributed by atoms with Gasteiger partial charge in [0.25, 0.3) is 0 Å². The molecule has 0 spiro atoms. The lowest BCUT2D eigenvalue weighted by atomic mass is 10.0. The fourth-order valence-electron chi connectivity index (χ4n) is 3.45. The van der Waals surface area contributed by atoms with Gasteiger partial charge in [-0.15, -0.1) is 0 Å². The van der Waals surface area contributed by atoms with Crippen LogP contribution in [-0.4, -0.2) is 46.9 Å². The van der Waals surface area contributed by atoms with E-state index in [1.54, 1.807) is 12.1 Å². The Bertz CT molecular complexity index is 770. The van der Waals surface area contributed by atoms with Crippen molar-refractivity contribution < 1.29 is 18.3 Å². The summed E-state index contributed by atoms with van der Waals surface area (Å²) >= 11 is 0. The van der Waals surface area contributed by atoms with Gasteiger partial charge in [0.2, 0.25) is 0 Å². The number of benzene rings is 1. The number of hydrogen-bond acceptors (Lipinski definition) is 5. The highest BCUT2D eigenvalue weighted by molar-refractivity contribution is 5.71. The Kier molecular flexibility index (Phi) is 5.67. The molecule has 1 aliphatic heterocycles. The fourth-order valence-corrected chi connectivity index (χ4v) is 3.45. The molecule has 0 saturated carbocycles. The Morgan fingerprint density at radius 3 is 2.59 bits per heavy atom. The molecule has 2 heterocycles. The van der Waals surface area contributed by atoms with Gasteiger partial charge in [-0.3, -0.25) is 0 Å². The van der Waals surface area contributed by atoms with Crippen molar-refractivity contribution in [2.75, 3.05) is 26.7 Å². The lowest BCUT2D eigenvalue weighted by Gasteiger charge is -2.13. The number of hydrogen-bond donors (Lipinski definition) is 2. The predicted octanol–water partition coefficient (Wildman–Crippen LogP) is 3.22. The van der Waals surface area contributed by atoms with Crippen LogP contribution in [0.5, 0.6) is 5.75 Å². The van der Waals surface area contributed by atoms with E-state index in [1.807, 2.05) is 0 Å². The predicted molar refractivity (Wildman–Crippen MR) is 96.2 cm³/mol. The molecule has 3 rings (SSSR count). The van der Waals surface area contributed by atoms with Crippen molar-refractivity contribution >= 4 is 0 Å². The summed E-state index contributed by atoms with van der Waals surface area (Å²) in [6.07, 6.45) is -3.32. The van der Waals surface area contributed by atoms with Crippen LogP contribution >= 0.6 is 0 Å². The van der Waals surface area contributed by atoms with E-state index >= 15 is 0 Å². The minimum atomic E-state index is -4.50. The van der Waals surface area contributed by atoms with E-state index < -0.39 is 17.5 Å². The largest absolute Gasteiger partial charge is 0.507 e. The van der Waals surface area contributed by atoms with Crippen LogP contribution in [0.25, 0.3) is 11.3 Å². The minimum absolute atomic E-state index is 0.268. The van der Waals surface area contributed by atoms with Gasteiger partial charge >= 0.3 is 6.18 Å². The molecule has 0 amide bonds. The van der Waals surface area contributed by atoms with Crippen molar-refractivity contribution in [1.82, 2.24) is 20.4 Å². The van der Waals surface area contributed by atoms with E-state index in [2.05, 4.69) is 27.5 Å². The van der Waals surface area contributed by atoms with E-state index in [0.29, 0.717) is 23.7 Å². The molecular formula is C19H23F3N4O. The summed E-state index contributed by atoms with van der Waals surface area (Å²) in [7, 11) is 2.11. The van der Waals surface area contributed by atoms with Gasteiger partial charge < -0.3 is 15.3 Å². The highest BCUT2D eigenvalue weighted by atomic mass is 19.4. The molecule has 0 aliphatic carbocycles. The van der Waals surface area contributed by atoms with Crippen LogP contribution in [0.15, 0.2) is 24.3 Å². The van der Waals surface area contributed by atoms with E-state index in [4.69, 9.17) is 0 Å². The number of alkyl halides is 3. The summed E-state index contributed by atoms with van der Waals surface area (Å²) in [5, 5.41) is 21.6. The van der Waals surface area contributed by atoms with Gasteiger partial charge in [0.05, 0.1) is 17.0 Å². The summed E-state index contributed by atoms with van der Waals surface area (Å²) in [5.74, 6) is 0.182. The summed E-state index contributed by atoms with van der Waals surface area (Å²) in [5.41, 5.74) is 0.776. The number of nitrogens with one attached hydrogen (secondary N) is 1. The molecule has 2 aromatic rings. The Morgan fingerprint density at radius 1 is 1.26 bits per heavy atom. The van der Waals surface area contributed by atoms with E-state index in [1.165, 1.54) is 13.3 Å². The summed E-state index contributed by atoms with van der Waals surface area (Å²) in [6, 6.07) is 5.16. The number of phenols is 1. The number of aryl methyl sites for hydroxylation is 1. The van der Waals surface area contributed by atoms with Crippen LogP contribution < -0.4 is 5.32 Å². The monoisotopic (exact) mass is 380 g/mol. The molecular weight excluding hydrogens is 357 g/mol. The molecule has 1 aliphatic rings. The third kappa shape index (κ3) is 4.75. The normalized spacial score (nSPS) is 18.2. The average molecular weight is 380 g/mol. The number of nitrogens with zero attached hydrogens (tertiary/aromatic N) is 3. The second-order valence-electron chi connectivity index (χ2n) is 7.14. The van der Waals surface area contributed by atoms with Crippen molar-refractivity contribution in [3.8, 4) is 17.0 Å². The third-order valence-corrected chi connectivity index (χ3v) is 4.85. The maximum absolute atomic E-state index is 12.8. The summed E-state index contributed by atoms with van der Waals surface area (Å²) < 4.78 is 38.5. The molecule has 1 saturated heterocycles. The Morgan fingerprint density at radius 2 is 2.04 bits per heavy atom. The first-order valence-electron chi connectivity index (χ1n) is 8.87. The second-order valence-corrected chi connectivity index (χ2v) is 7.14. The molecule has 8 heteroatoms. The van der Waals surface area contributed by atoms with Crippen LogP contribution in [0.2, 0.25) is 0 Å². The van der Waals surface area contributed by atoms with E-state index in [-0.39, 0.29) is 5.56 Å². The minimum Gasteiger partial charge on any atom is -0.507 e. The van der Waals surface area contributed by atoms with Gasteiger partial charge in [0.15, 0.2) is 0 Å². The van der Waals surface area contributed by atoms with Crippen LogP contribution in [-0.2, 0) is 12.7 Å². The van der Waals surface area contributed by atoms with Crippen LogP contribution in [0.1, 0.15) is 23.2 Å². The van der Waals surface area contributed by atoms with Crippen LogP contribution in [0, 0.1) is 12.8 Å². The molecule has 27 heavy (non-hydrogen) atoms. The number of aromatic hydroxyl groups is 1. The van der Waals surface area contributed by atoms with Crippen LogP contribution in [0.4, 0.5) is 13.2 Å². The van der Waals surface area contributed by atoms with Crippen molar-refractivity contribution in [2.45, 2.75) is 26.1 Å². The molecule has 1 fully saturated rings. The second kappa shape index (κ2) is 7.82. The zero-order chi connectivity index (χ0) is 19.6. The molecule has 2 N–H and O–H groups in total. The number of phenolic OH excluding ortho intramolecular Hbond substituents is 1. The topological polar surface area (TPSA) is 61.3 Å². The van der Waals surface area contributed by atoms with Crippen molar-refractivity contribution in [3.63, 3.8) is 0 Å². The zero-order valence-electron chi connectivity index (χ0n) is 15.3. The van der Waals surface area contributed by atoms with E-state index in [9.17, 15) is 18.3 Å². The average Bonchev–Trinajstić information content (AvgIpc) is 3.00. The van der Waals surface area contributed by atoms with E-state index in [0.717, 1.165) is 37.5 Å². The molecule has 5 nitrogen and oxygen atoms in total. The number of likely N-dealkylation sites (tertiary alicyclic amines) is 1. The molecule has 1 aromatic heterocycles. The molecule has 1 unspecified atom stereocenters. The summed E-state index contributed by atoms with van der Waals surface area (Å²) in [6.45, 7) is 5.21. The molecule has 146 valence electrons. The van der Waals surface area contributed by atoms with Gasteiger partial charge in [-0.25, -0.2) is 0 Å². The lowest BCUT2D eigenvalue weighted by molar-refractivity contribution is -0.137. The van der Waals surface area contributed by atoms with Gasteiger partial charge in [-0.1, -0.05) is 0 Å². The fraction of sp³-hybridized carbons (Fsp3) is 0.474. The molecule has 1 atom stereocenters. The first-order chi connectivity index (χ1) is 12.7. The van der Waals surface area contributed by atoms with Gasteiger partial charge in [-0.05, 0) is 69.2 Å². The summed E-state index contributed by atoms with van der Waals surface area (Å²) in [4.78, 5) is 2.31. The Hall–Kier alpha value is -2.19. The Balaban J connectivity index is 1.66. The maximum Gasteiger partial charge on any atom is 0.416 e. The first-order valence-corrected chi connectivity index (χ1v) is 8.87. The molecule has 1 aromatic carbocycles. The lowest BCUT2D eigenvalue weighted by Crippen LogP contribution is -2.25. The highest BCUT2D eigenvalue weighted by Crippen LogP contribution is 2.38. The maximum atomic E-state index is 12.8. The van der Waals surface area contributed by atoms with Crippen molar-refractivity contribution in [1.29, 1.82) is 0 Å². The highest BCUT2D eigenvalue weighted by Gasteiger charge is 2.32.